The number of benzene rings is 1. The Morgan fingerprint density at radius 1 is 1.29 bits per heavy atom. The van der Waals surface area contributed by atoms with Crippen LogP contribution >= 0.6 is 11.3 Å². The highest BCUT2D eigenvalue weighted by molar-refractivity contribution is 7.22. The quantitative estimate of drug-likeness (QED) is 0.712. The van der Waals surface area contributed by atoms with Gasteiger partial charge in [-0.25, -0.2) is 9.78 Å². The minimum atomic E-state index is -0.227. The molecular formula is C14H15N5OS. The van der Waals surface area contributed by atoms with E-state index >= 15 is 0 Å². The molecule has 0 atom stereocenters. The third-order valence-electron chi connectivity index (χ3n) is 2.92. The smallest absolute Gasteiger partial charge is 0.321 e. The predicted molar refractivity (Wildman–Crippen MR) is 83.5 cm³/mol. The number of aromatic nitrogens is 3. The summed E-state index contributed by atoms with van der Waals surface area (Å²) in [6.45, 7) is 1.38. The van der Waals surface area contributed by atoms with Gasteiger partial charge in [-0.05, 0) is 24.6 Å². The van der Waals surface area contributed by atoms with Crippen molar-refractivity contribution in [3.05, 3.63) is 42.7 Å². The summed E-state index contributed by atoms with van der Waals surface area (Å²) in [5.74, 6) is 0. The van der Waals surface area contributed by atoms with Gasteiger partial charge in [0.15, 0.2) is 5.13 Å². The molecule has 0 saturated heterocycles. The number of carbonyl (C=O) groups excluding carboxylic acids is 1. The molecule has 0 aliphatic rings. The Kier molecular flexibility index (Phi) is 4.11. The van der Waals surface area contributed by atoms with E-state index in [1.165, 1.54) is 11.3 Å². The van der Waals surface area contributed by atoms with Crippen molar-refractivity contribution in [2.45, 2.75) is 13.0 Å². The molecule has 2 aromatic heterocycles. The molecule has 21 heavy (non-hydrogen) atoms. The minimum Gasteiger partial charge on any atom is -0.338 e. The fourth-order valence-electron chi connectivity index (χ4n) is 1.94. The number of amides is 2. The molecule has 2 amide bonds. The van der Waals surface area contributed by atoms with E-state index < -0.39 is 0 Å². The van der Waals surface area contributed by atoms with Crippen molar-refractivity contribution < 1.29 is 4.79 Å². The molecule has 0 unspecified atom stereocenters. The molecule has 0 radical (unpaired) electrons. The van der Waals surface area contributed by atoms with E-state index in [9.17, 15) is 4.79 Å². The third-order valence-corrected chi connectivity index (χ3v) is 3.87. The molecule has 0 aliphatic carbocycles. The fraction of sp³-hybridized carbons (Fsp3) is 0.214. The van der Waals surface area contributed by atoms with Crippen LogP contribution < -0.4 is 10.6 Å². The highest BCUT2D eigenvalue weighted by atomic mass is 32.1. The van der Waals surface area contributed by atoms with Gasteiger partial charge in [-0.1, -0.05) is 23.5 Å². The third kappa shape index (κ3) is 3.57. The molecule has 3 rings (SSSR count). The second-order valence-electron chi connectivity index (χ2n) is 4.49. The maximum Gasteiger partial charge on any atom is 0.321 e. The van der Waals surface area contributed by atoms with Gasteiger partial charge in [0.05, 0.1) is 10.2 Å². The lowest BCUT2D eigenvalue weighted by Gasteiger charge is -2.05. The van der Waals surface area contributed by atoms with Gasteiger partial charge in [0, 0.05) is 25.5 Å². The zero-order valence-corrected chi connectivity index (χ0v) is 12.1. The number of carbonyl (C=O) groups is 1. The minimum absolute atomic E-state index is 0.227. The van der Waals surface area contributed by atoms with Gasteiger partial charge in [-0.3, -0.25) is 10.00 Å². The topological polar surface area (TPSA) is 71.8 Å². The summed E-state index contributed by atoms with van der Waals surface area (Å²) in [7, 11) is 0. The molecule has 6 nitrogen and oxygen atoms in total. The zero-order chi connectivity index (χ0) is 14.5. The van der Waals surface area contributed by atoms with Crippen LogP contribution in [0.3, 0.4) is 0 Å². The number of rotatable bonds is 5. The molecule has 0 saturated carbocycles. The van der Waals surface area contributed by atoms with Crippen molar-refractivity contribution in [2.24, 2.45) is 0 Å². The Hall–Kier alpha value is -2.41. The van der Waals surface area contributed by atoms with E-state index in [-0.39, 0.29) is 6.03 Å². The summed E-state index contributed by atoms with van der Waals surface area (Å²) in [5.41, 5.74) is 0.900. The van der Waals surface area contributed by atoms with E-state index in [0.29, 0.717) is 11.7 Å². The molecule has 2 heterocycles. The van der Waals surface area contributed by atoms with Gasteiger partial charge in [-0.2, -0.15) is 5.10 Å². The van der Waals surface area contributed by atoms with Gasteiger partial charge >= 0.3 is 6.03 Å². The average Bonchev–Trinajstić information content (AvgIpc) is 3.12. The number of nitrogens with zero attached hydrogens (tertiary/aromatic N) is 3. The number of fused-ring (bicyclic) bond motifs is 1. The summed E-state index contributed by atoms with van der Waals surface area (Å²) in [6.07, 6.45) is 4.48. The number of nitrogens with one attached hydrogen (secondary N) is 2. The average molecular weight is 301 g/mol. The van der Waals surface area contributed by atoms with E-state index in [1.807, 2.05) is 41.2 Å². The van der Waals surface area contributed by atoms with E-state index in [4.69, 9.17) is 0 Å². The summed E-state index contributed by atoms with van der Waals surface area (Å²) >= 11 is 1.47. The first-order chi connectivity index (χ1) is 10.3. The highest BCUT2D eigenvalue weighted by Gasteiger charge is 2.06. The van der Waals surface area contributed by atoms with Crippen molar-refractivity contribution in [3.8, 4) is 0 Å². The number of hydrogen-bond acceptors (Lipinski definition) is 4. The summed E-state index contributed by atoms with van der Waals surface area (Å²) < 4.78 is 2.90. The van der Waals surface area contributed by atoms with Gasteiger partial charge in [0.1, 0.15) is 0 Å². The molecule has 3 aromatic rings. The fourth-order valence-corrected chi connectivity index (χ4v) is 2.80. The molecule has 0 fully saturated rings. The van der Waals surface area contributed by atoms with E-state index in [0.717, 1.165) is 23.2 Å². The molecule has 1 aromatic carbocycles. The molecule has 0 spiro atoms. The summed E-state index contributed by atoms with van der Waals surface area (Å²) in [5, 5.41) is 10.3. The molecule has 0 bridgehead atoms. The van der Waals surface area contributed by atoms with Crippen LogP contribution in [0.2, 0.25) is 0 Å². The summed E-state index contributed by atoms with van der Waals surface area (Å²) in [4.78, 5) is 16.1. The van der Waals surface area contributed by atoms with Crippen molar-refractivity contribution >= 4 is 32.7 Å². The van der Waals surface area contributed by atoms with Crippen molar-refractivity contribution in [1.82, 2.24) is 20.1 Å². The predicted octanol–water partition coefficient (Wildman–Crippen LogP) is 2.70. The van der Waals surface area contributed by atoms with Crippen LogP contribution in [-0.4, -0.2) is 27.3 Å². The Labute approximate surface area is 125 Å². The second kappa shape index (κ2) is 6.36. The van der Waals surface area contributed by atoms with Gasteiger partial charge < -0.3 is 5.32 Å². The highest BCUT2D eigenvalue weighted by Crippen LogP contribution is 2.25. The number of thiazole rings is 1. The van der Waals surface area contributed by atoms with Gasteiger partial charge in [0.2, 0.25) is 0 Å². The van der Waals surface area contributed by atoms with Crippen molar-refractivity contribution in [1.29, 1.82) is 0 Å². The number of aryl methyl sites for hydroxylation is 1. The van der Waals surface area contributed by atoms with Crippen LogP contribution in [0, 0.1) is 0 Å². The number of para-hydroxylation sites is 1. The molecule has 0 aliphatic heterocycles. The van der Waals surface area contributed by atoms with Gasteiger partial charge in [-0.15, -0.1) is 0 Å². The van der Waals surface area contributed by atoms with Crippen LogP contribution in [0.1, 0.15) is 6.42 Å². The standard InChI is InChI=1S/C14H15N5OS/c20-13(15-7-3-9-19-10-4-8-16-19)18-14-17-11-5-1-2-6-12(11)21-14/h1-2,4-6,8,10H,3,7,9H2,(H2,15,17,18,20). The summed E-state index contributed by atoms with van der Waals surface area (Å²) in [6, 6.07) is 9.46. The largest absolute Gasteiger partial charge is 0.338 e. The Balaban J connectivity index is 1.45. The van der Waals surface area contributed by atoms with Crippen LogP contribution in [0.15, 0.2) is 42.7 Å². The Morgan fingerprint density at radius 3 is 3.00 bits per heavy atom. The molecule has 2 N–H and O–H groups in total. The lowest BCUT2D eigenvalue weighted by Crippen LogP contribution is -2.30. The second-order valence-corrected chi connectivity index (χ2v) is 5.52. The van der Waals surface area contributed by atoms with Crippen molar-refractivity contribution in [3.63, 3.8) is 0 Å². The van der Waals surface area contributed by atoms with E-state index in [1.54, 1.807) is 6.20 Å². The lowest BCUT2D eigenvalue weighted by molar-refractivity contribution is 0.251. The zero-order valence-electron chi connectivity index (χ0n) is 11.3. The Morgan fingerprint density at radius 2 is 2.19 bits per heavy atom. The van der Waals surface area contributed by atoms with Crippen molar-refractivity contribution in [2.75, 3.05) is 11.9 Å². The first-order valence-corrected chi connectivity index (χ1v) is 7.51. The normalized spacial score (nSPS) is 10.7. The maximum absolute atomic E-state index is 11.8. The number of urea groups is 1. The first kappa shape index (κ1) is 13.6. The maximum atomic E-state index is 11.8. The first-order valence-electron chi connectivity index (χ1n) is 6.69. The lowest BCUT2D eigenvalue weighted by atomic mass is 10.3. The number of hydrogen-bond donors (Lipinski definition) is 2. The molecular weight excluding hydrogens is 286 g/mol. The molecule has 7 heteroatoms. The van der Waals surface area contributed by atoms with Crippen LogP contribution in [0.25, 0.3) is 10.2 Å². The molecule has 108 valence electrons. The monoisotopic (exact) mass is 301 g/mol. The SMILES string of the molecule is O=C(NCCCn1cccn1)Nc1nc2ccccc2s1. The number of anilines is 1. The van der Waals surface area contributed by atoms with Crippen LogP contribution in [-0.2, 0) is 6.54 Å². The van der Waals surface area contributed by atoms with Gasteiger partial charge in [0.25, 0.3) is 0 Å². The van der Waals surface area contributed by atoms with E-state index in [2.05, 4.69) is 20.7 Å². The van der Waals surface area contributed by atoms with Crippen LogP contribution in [0.4, 0.5) is 9.93 Å². The Bertz CT molecular complexity index is 689. The van der Waals surface area contributed by atoms with Crippen LogP contribution in [0.5, 0.6) is 0 Å².